The highest BCUT2D eigenvalue weighted by atomic mass is 15.3. The minimum absolute atomic E-state index is 0.282. The minimum atomic E-state index is 0.282. The van der Waals surface area contributed by atoms with Crippen molar-refractivity contribution in [3.8, 4) is 0 Å². The van der Waals surface area contributed by atoms with E-state index in [4.69, 9.17) is 5.73 Å². The molecule has 0 saturated carbocycles. The number of hydrogen-bond donors (Lipinski definition) is 1. The van der Waals surface area contributed by atoms with Crippen molar-refractivity contribution in [2.45, 2.75) is 63.6 Å². The summed E-state index contributed by atoms with van der Waals surface area (Å²) in [7, 11) is 0. The maximum Gasteiger partial charge on any atom is 0.0503 e. The van der Waals surface area contributed by atoms with E-state index in [9.17, 15) is 0 Å². The van der Waals surface area contributed by atoms with Crippen LogP contribution in [0.2, 0.25) is 0 Å². The van der Waals surface area contributed by atoms with E-state index in [0.29, 0.717) is 0 Å². The van der Waals surface area contributed by atoms with Crippen LogP contribution in [0.3, 0.4) is 0 Å². The van der Waals surface area contributed by atoms with Gasteiger partial charge in [0.2, 0.25) is 0 Å². The number of nitrogens with two attached hydrogens (primary N) is 1. The van der Waals surface area contributed by atoms with Crippen molar-refractivity contribution < 1.29 is 0 Å². The van der Waals surface area contributed by atoms with Gasteiger partial charge in [0.15, 0.2) is 0 Å². The fraction of sp³-hybridized carbons (Fsp3) is 0.750. The molecular weight excluding hydrogens is 234 g/mol. The lowest BCUT2D eigenvalue weighted by atomic mass is 9.93. The molecule has 4 rings (SSSR count). The van der Waals surface area contributed by atoms with E-state index in [1.807, 2.05) is 0 Å². The smallest absolute Gasteiger partial charge is 0.0503 e. The maximum atomic E-state index is 6.31. The Labute approximate surface area is 115 Å². The average Bonchev–Trinajstić information content (AvgIpc) is 3.03. The molecule has 2 N–H and O–H groups in total. The number of hydrogen-bond acceptors (Lipinski definition) is 2. The van der Waals surface area contributed by atoms with Crippen LogP contribution in [-0.2, 0) is 6.42 Å². The largest absolute Gasteiger partial charge is 0.344 e. The fourth-order valence-electron chi connectivity index (χ4n) is 4.78. The van der Waals surface area contributed by atoms with Gasteiger partial charge in [0.1, 0.15) is 0 Å². The molecule has 3 atom stereocenters. The Hall–Kier alpha value is -0.800. The lowest BCUT2D eigenvalue weighted by molar-refractivity contribution is 0.286. The van der Waals surface area contributed by atoms with Gasteiger partial charge in [-0.25, -0.2) is 0 Å². The first-order valence-electron chi connectivity index (χ1n) is 7.96. The van der Waals surface area contributed by atoms with Crippen LogP contribution in [0, 0.1) is 6.92 Å². The summed E-state index contributed by atoms with van der Waals surface area (Å²) < 4.78 is 2.67. The Balaban J connectivity index is 1.75. The summed E-state index contributed by atoms with van der Waals surface area (Å²) in [5.74, 6) is 0. The summed E-state index contributed by atoms with van der Waals surface area (Å²) >= 11 is 0. The van der Waals surface area contributed by atoms with Crippen molar-refractivity contribution in [1.82, 2.24) is 9.47 Å². The second-order valence-corrected chi connectivity index (χ2v) is 6.66. The molecule has 1 aliphatic carbocycles. The molecule has 0 amide bonds. The van der Waals surface area contributed by atoms with E-state index >= 15 is 0 Å². The van der Waals surface area contributed by atoms with Crippen LogP contribution in [0.5, 0.6) is 0 Å². The minimum Gasteiger partial charge on any atom is -0.344 e. The molecule has 1 aromatic heterocycles. The highest BCUT2D eigenvalue weighted by Gasteiger charge is 2.39. The molecular formula is C16H25N3. The van der Waals surface area contributed by atoms with Gasteiger partial charge in [-0.15, -0.1) is 0 Å². The van der Waals surface area contributed by atoms with Crippen molar-refractivity contribution >= 4 is 0 Å². The molecule has 3 aliphatic rings. The van der Waals surface area contributed by atoms with Gasteiger partial charge in [0.05, 0.1) is 6.04 Å². The van der Waals surface area contributed by atoms with Crippen molar-refractivity contribution in [2.75, 3.05) is 13.1 Å². The van der Waals surface area contributed by atoms with Crippen LogP contribution in [-0.4, -0.2) is 28.6 Å². The zero-order valence-corrected chi connectivity index (χ0v) is 11.9. The molecule has 104 valence electrons. The summed E-state index contributed by atoms with van der Waals surface area (Å²) in [5, 5.41) is 0. The van der Waals surface area contributed by atoms with Gasteiger partial charge >= 0.3 is 0 Å². The van der Waals surface area contributed by atoms with Gasteiger partial charge in [-0.3, -0.25) is 4.90 Å². The van der Waals surface area contributed by atoms with Gasteiger partial charge < -0.3 is 10.3 Å². The molecule has 3 nitrogen and oxygen atoms in total. The van der Waals surface area contributed by atoms with Gasteiger partial charge in [0, 0.05) is 30.0 Å². The summed E-state index contributed by atoms with van der Waals surface area (Å²) in [6.07, 6.45) is 7.78. The van der Waals surface area contributed by atoms with E-state index in [2.05, 4.69) is 22.5 Å². The van der Waals surface area contributed by atoms with Crippen LogP contribution < -0.4 is 5.73 Å². The molecule has 1 aromatic rings. The highest BCUT2D eigenvalue weighted by Crippen LogP contribution is 2.40. The number of fused-ring (bicyclic) bond motifs is 2. The van der Waals surface area contributed by atoms with Crippen LogP contribution >= 0.6 is 0 Å². The van der Waals surface area contributed by atoms with Crippen molar-refractivity contribution in [3.63, 3.8) is 0 Å². The van der Waals surface area contributed by atoms with Crippen molar-refractivity contribution in [2.24, 2.45) is 5.73 Å². The van der Waals surface area contributed by atoms with E-state index < -0.39 is 0 Å². The molecule has 3 unspecified atom stereocenters. The summed E-state index contributed by atoms with van der Waals surface area (Å²) in [5.41, 5.74) is 10.8. The van der Waals surface area contributed by atoms with Gasteiger partial charge in [0.25, 0.3) is 0 Å². The molecule has 19 heavy (non-hydrogen) atoms. The molecule has 2 saturated heterocycles. The SMILES string of the molecule is Cc1cc2c(n1C1CCN3CCCC13)CCCC2N. The third kappa shape index (κ3) is 1.71. The van der Waals surface area contributed by atoms with Crippen molar-refractivity contribution in [1.29, 1.82) is 0 Å². The second kappa shape index (κ2) is 4.35. The van der Waals surface area contributed by atoms with Gasteiger partial charge in [-0.05, 0) is 63.6 Å². The average molecular weight is 259 g/mol. The second-order valence-electron chi connectivity index (χ2n) is 6.66. The molecule has 3 heterocycles. The topological polar surface area (TPSA) is 34.2 Å². The Morgan fingerprint density at radius 2 is 2.00 bits per heavy atom. The first kappa shape index (κ1) is 12.0. The van der Waals surface area contributed by atoms with Crippen LogP contribution in [0.1, 0.15) is 61.1 Å². The molecule has 2 fully saturated rings. The van der Waals surface area contributed by atoms with Crippen molar-refractivity contribution in [3.05, 3.63) is 23.0 Å². The Morgan fingerprint density at radius 3 is 2.89 bits per heavy atom. The first-order valence-corrected chi connectivity index (χ1v) is 7.96. The number of aryl methyl sites for hydroxylation is 1. The molecule has 0 radical (unpaired) electrons. The van der Waals surface area contributed by atoms with E-state index in [1.165, 1.54) is 56.5 Å². The number of rotatable bonds is 1. The van der Waals surface area contributed by atoms with E-state index in [1.54, 1.807) is 5.69 Å². The summed E-state index contributed by atoms with van der Waals surface area (Å²) in [6.45, 7) is 4.90. The Kier molecular flexibility index (Phi) is 2.75. The predicted molar refractivity (Wildman–Crippen MR) is 77.3 cm³/mol. The number of nitrogens with zero attached hydrogens (tertiary/aromatic N) is 2. The number of aromatic nitrogens is 1. The summed E-state index contributed by atoms with van der Waals surface area (Å²) in [4.78, 5) is 2.71. The quantitative estimate of drug-likeness (QED) is 0.841. The molecule has 0 aromatic carbocycles. The van der Waals surface area contributed by atoms with Crippen LogP contribution in [0.25, 0.3) is 0 Å². The molecule has 3 heteroatoms. The van der Waals surface area contributed by atoms with Gasteiger partial charge in [-0.2, -0.15) is 0 Å². The molecule has 0 bridgehead atoms. The third-order valence-corrected chi connectivity index (χ3v) is 5.60. The molecule has 2 aliphatic heterocycles. The fourth-order valence-corrected chi connectivity index (χ4v) is 4.78. The standard InChI is InChI=1S/C16H25N3/c1-11-10-12-13(17)4-2-5-14(12)19(11)16-7-9-18-8-3-6-15(16)18/h10,13,15-16H,2-9,17H2,1H3. The summed E-state index contributed by atoms with van der Waals surface area (Å²) in [6, 6.07) is 4.17. The zero-order valence-electron chi connectivity index (χ0n) is 11.9. The van der Waals surface area contributed by atoms with Crippen LogP contribution in [0.15, 0.2) is 6.07 Å². The van der Waals surface area contributed by atoms with E-state index in [0.717, 1.165) is 18.5 Å². The molecule has 0 spiro atoms. The predicted octanol–water partition coefficient (Wildman–Crippen LogP) is 2.54. The monoisotopic (exact) mass is 259 g/mol. The Bertz CT molecular complexity index is 490. The lowest BCUT2D eigenvalue weighted by Gasteiger charge is -2.28. The third-order valence-electron chi connectivity index (χ3n) is 5.60. The highest BCUT2D eigenvalue weighted by molar-refractivity contribution is 5.33. The Morgan fingerprint density at radius 1 is 1.11 bits per heavy atom. The normalized spacial score (nSPS) is 34.5. The first-order chi connectivity index (χ1) is 9.25. The lowest BCUT2D eigenvalue weighted by Crippen LogP contribution is -2.29. The maximum absolute atomic E-state index is 6.31. The van der Waals surface area contributed by atoms with Gasteiger partial charge in [-0.1, -0.05) is 0 Å². The zero-order chi connectivity index (χ0) is 13.0. The van der Waals surface area contributed by atoms with E-state index in [-0.39, 0.29) is 6.04 Å². The van der Waals surface area contributed by atoms with Crippen LogP contribution in [0.4, 0.5) is 0 Å².